The predicted octanol–water partition coefficient (Wildman–Crippen LogP) is -0.532. The van der Waals surface area contributed by atoms with Gasteiger partial charge in [-0.05, 0) is 19.1 Å². The molecule has 1 rings (SSSR count). The second-order valence-electron chi connectivity index (χ2n) is 3.91. The lowest BCUT2D eigenvalue weighted by Crippen LogP contribution is -2.51. The minimum Gasteiger partial charge on any atom is -0.477 e. The number of carbonyl (C=O) groups is 1. The van der Waals surface area contributed by atoms with Crippen LogP contribution in [-0.4, -0.2) is 48.5 Å². The van der Waals surface area contributed by atoms with Gasteiger partial charge in [0.05, 0.1) is 18.8 Å². The summed E-state index contributed by atoms with van der Waals surface area (Å²) < 4.78 is 25.7. The summed E-state index contributed by atoms with van der Waals surface area (Å²) in [6.07, 6.45) is 0. The van der Waals surface area contributed by atoms with Crippen molar-refractivity contribution in [2.24, 2.45) is 0 Å². The molecule has 0 saturated carbocycles. The Morgan fingerprint density at radius 2 is 1.94 bits per heavy atom. The molecule has 0 aliphatic heterocycles. The molecule has 7 nitrogen and oxygen atoms in total. The SMILES string of the molecule is CC(CO)(CO)NS(=O)(=O)c1ccc(C(=O)O)s1. The van der Waals surface area contributed by atoms with Crippen LogP contribution in [0.1, 0.15) is 16.6 Å². The van der Waals surface area contributed by atoms with E-state index in [9.17, 15) is 13.2 Å². The number of rotatable bonds is 6. The third-order valence-corrected chi connectivity index (χ3v) is 5.34. The summed E-state index contributed by atoms with van der Waals surface area (Å²) in [6.45, 7) is 0.163. The summed E-state index contributed by atoms with van der Waals surface area (Å²) in [7, 11) is -3.97. The van der Waals surface area contributed by atoms with Crippen LogP contribution in [0.3, 0.4) is 0 Å². The van der Waals surface area contributed by atoms with Crippen LogP contribution < -0.4 is 4.72 Å². The van der Waals surface area contributed by atoms with Crippen LogP contribution in [0.2, 0.25) is 0 Å². The Morgan fingerprint density at radius 1 is 1.39 bits per heavy atom. The zero-order valence-electron chi connectivity index (χ0n) is 9.45. The van der Waals surface area contributed by atoms with E-state index in [4.69, 9.17) is 15.3 Å². The molecule has 0 amide bonds. The molecule has 0 bridgehead atoms. The normalized spacial score (nSPS) is 12.6. The van der Waals surface area contributed by atoms with E-state index in [0.717, 1.165) is 6.07 Å². The van der Waals surface area contributed by atoms with Gasteiger partial charge in [0.1, 0.15) is 9.09 Å². The van der Waals surface area contributed by atoms with Crippen molar-refractivity contribution in [2.75, 3.05) is 13.2 Å². The van der Waals surface area contributed by atoms with E-state index in [1.165, 1.54) is 13.0 Å². The Labute approximate surface area is 108 Å². The zero-order chi connectivity index (χ0) is 14.0. The first-order valence-electron chi connectivity index (χ1n) is 4.83. The molecular formula is C9H13NO6S2. The van der Waals surface area contributed by atoms with Gasteiger partial charge in [-0.25, -0.2) is 13.2 Å². The van der Waals surface area contributed by atoms with E-state index in [1.807, 2.05) is 0 Å². The van der Waals surface area contributed by atoms with Crippen LogP contribution in [0.25, 0.3) is 0 Å². The van der Waals surface area contributed by atoms with Gasteiger partial charge in [0.15, 0.2) is 0 Å². The molecule has 0 spiro atoms. The smallest absolute Gasteiger partial charge is 0.345 e. The van der Waals surface area contributed by atoms with Crippen molar-refractivity contribution in [1.82, 2.24) is 4.72 Å². The first-order chi connectivity index (χ1) is 8.24. The van der Waals surface area contributed by atoms with Gasteiger partial charge in [-0.1, -0.05) is 0 Å². The fourth-order valence-corrected chi connectivity index (χ4v) is 3.60. The highest BCUT2D eigenvalue weighted by molar-refractivity contribution is 7.91. The van der Waals surface area contributed by atoms with Gasteiger partial charge in [-0.3, -0.25) is 0 Å². The number of carboxylic acids is 1. The van der Waals surface area contributed by atoms with Crippen molar-refractivity contribution < 1.29 is 28.5 Å². The van der Waals surface area contributed by atoms with Crippen molar-refractivity contribution in [3.63, 3.8) is 0 Å². The molecule has 0 aromatic carbocycles. The number of aromatic carboxylic acids is 1. The standard InChI is InChI=1S/C9H13NO6S2/c1-9(4-11,5-12)10-18(15,16)7-3-2-6(17-7)8(13)14/h2-3,10-12H,4-5H2,1H3,(H,13,14). The van der Waals surface area contributed by atoms with E-state index in [0.29, 0.717) is 11.3 Å². The molecule has 0 unspecified atom stereocenters. The van der Waals surface area contributed by atoms with E-state index < -0.39 is 34.7 Å². The second-order valence-corrected chi connectivity index (χ2v) is 6.90. The summed E-state index contributed by atoms with van der Waals surface area (Å²) in [5.74, 6) is -1.21. The van der Waals surface area contributed by atoms with Gasteiger partial charge in [0.2, 0.25) is 0 Å². The molecular weight excluding hydrogens is 282 g/mol. The van der Waals surface area contributed by atoms with Gasteiger partial charge >= 0.3 is 5.97 Å². The molecule has 18 heavy (non-hydrogen) atoms. The maximum Gasteiger partial charge on any atom is 0.345 e. The van der Waals surface area contributed by atoms with Gasteiger partial charge in [-0.2, -0.15) is 4.72 Å². The molecule has 1 aromatic rings. The van der Waals surface area contributed by atoms with E-state index in [1.54, 1.807) is 0 Å². The van der Waals surface area contributed by atoms with Gasteiger partial charge in [0, 0.05) is 0 Å². The van der Waals surface area contributed by atoms with Crippen LogP contribution in [0.15, 0.2) is 16.3 Å². The second kappa shape index (κ2) is 5.33. The van der Waals surface area contributed by atoms with Crippen LogP contribution >= 0.6 is 11.3 Å². The Kier molecular flexibility index (Phi) is 4.46. The average molecular weight is 295 g/mol. The summed E-state index contributed by atoms with van der Waals surface area (Å²) in [6, 6.07) is 2.34. The third kappa shape index (κ3) is 3.27. The van der Waals surface area contributed by atoms with Crippen LogP contribution in [-0.2, 0) is 10.0 Å². The highest BCUT2D eigenvalue weighted by Crippen LogP contribution is 2.22. The Hall–Kier alpha value is -1.00. The number of carboxylic acid groups (broad SMARTS) is 1. The molecule has 0 saturated heterocycles. The Balaban J connectivity index is 3.03. The van der Waals surface area contributed by atoms with Crippen LogP contribution in [0, 0.1) is 0 Å². The Morgan fingerprint density at radius 3 is 2.33 bits per heavy atom. The van der Waals surface area contributed by atoms with Crippen molar-refractivity contribution in [3.05, 3.63) is 17.0 Å². The maximum absolute atomic E-state index is 11.9. The number of sulfonamides is 1. The molecule has 0 radical (unpaired) electrons. The number of hydrogen-bond donors (Lipinski definition) is 4. The molecule has 0 aliphatic rings. The summed E-state index contributed by atoms with van der Waals surface area (Å²) in [5, 5.41) is 26.7. The van der Waals surface area contributed by atoms with Crippen molar-refractivity contribution in [2.45, 2.75) is 16.7 Å². The van der Waals surface area contributed by atoms with Crippen LogP contribution in [0.5, 0.6) is 0 Å². The summed E-state index contributed by atoms with van der Waals surface area (Å²) >= 11 is 0.596. The first kappa shape index (κ1) is 15.1. The topological polar surface area (TPSA) is 124 Å². The monoisotopic (exact) mass is 295 g/mol. The Bertz CT molecular complexity index is 531. The van der Waals surface area contributed by atoms with Crippen molar-refractivity contribution >= 4 is 27.3 Å². The number of aliphatic hydroxyl groups excluding tert-OH is 2. The average Bonchev–Trinajstić information content (AvgIpc) is 2.78. The molecule has 102 valence electrons. The van der Waals surface area contributed by atoms with E-state index in [-0.39, 0.29) is 9.09 Å². The highest BCUT2D eigenvalue weighted by atomic mass is 32.2. The van der Waals surface area contributed by atoms with E-state index in [2.05, 4.69) is 4.72 Å². The fourth-order valence-electron chi connectivity index (χ4n) is 1.07. The lowest BCUT2D eigenvalue weighted by Gasteiger charge is -2.25. The minimum atomic E-state index is -3.97. The lowest BCUT2D eigenvalue weighted by molar-refractivity contribution is 0.0702. The molecule has 9 heteroatoms. The molecule has 0 atom stereocenters. The lowest BCUT2D eigenvalue weighted by atomic mass is 10.1. The minimum absolute atomic E-state index is 0.106. The first-order valence-corrected chi connectivity index (χ1v) is 7.13. The number of nitrogens with one attached hydrogen (secondary N) is 1. The predicted molar refractivity (Wildman–Crippen MR) is 64.2 cm³/mol. The highest BCUT2D eigenvalue weighted by Gasteiger charge is 2.30. The van der Waals surface area contributed by atoms with Gasteiger partial charge in [0.25, 0.3) is 10.0 Å². The maximum atomic E-state index is 11.9. The third-order valence-electron chi connectivity index (χ3n) is 2.14. The number of aliphatic hydroxyl groups is 2. The van der Waals surface area contributed by atoms with E-state index >= 15 is 0 Å². The molecule has 1 aromatic heterocycles. The fraction of sp³-hybridized carbons (Fsp3) is 0.444. The number of thiophene rings is 1. The molecule has 0 fully saturated rings. The summed E-state index contributed by atoms with van der Waals surface area (Å²) in [4.78, 5) is 10.5. The van der Waals surface area contributed by atoms with Gasteiger partial charge < -0.3 is 15.3 Å². The largest absolute Gasteiger partial charge is 0.477 e. The van der Waals surface area contributed by atoms with Crippen molar-refractivity contribution in [1.29, 1.82) is 0 Å². The zero-order valence-corrected chi connectivity index (χ0v) is 11.1. The summed E-state index contributed by atoms with van der Waals surface area (Å²) in [5.41, 5.74) is -1.40. The molecule has 0 aliphatic carbocycles. The van der Waals surface area contributed by atoms with Gasteiger partial charge in [-0.15, -0.1) is 11.3 Å². The number of hydrogen-bond acceptors (Lipinski definition) is 6. The van der Waals surface area contributed by atoms with Crippen LogP contribution in [0.4, 0.5) is 0 Å². The quantitative estimate of drug-likeness (QED) is 0.559. The molecule has 1 heterocycles. The molecule has 4 N–H and O–H groups in total. The van der Waals surface area contributed by atoms with Crippen molar-refractivity contribution in [3.8, 4) is 0 Å².